The number of carbonyl (C=O) groups excluding carboxylic acids is 1. The number of pyridine rings is 1. The van der Waals surface area contributed by atoms with Crippen LogP contribution in [0.3, 0.4) is 0 Å². The molecule has 1 aromatic heterocycles. The molecule has 9 heteroatoms. The minimum Gasteiger partial charge on any atom is -0.478 e. The first kappa shape index (κ1) is 22.4. The van der Waals surface area contributed by atoms with E-state index < -0.39 is 15.6 Å². The monoisotopic (exact) mass is 413 g/mol. The molecule has 1 aromatic rings. The average Bonchev–Trinajstić information content (AvgIpc) is 2.84. The summed E-state index contributed by atoms with van der Waals surface area (Å²) in [6, 6.07) is 2.86. The summed E-state index contributed by atoms with van der Waals surface area (Å²) in [5.74, 6) is 0.735. The fraction of sp³-hybridized carbons (Fsp3) is 0.684. The molecule has 1 amide bonds. The van der Waals surface area contributed by atoms with Gasteiger partial charge in [-0.2, -0.15) is 0 Å². The summed E-state index contributed by atoms with van der Waals surface area (Å²) in [6.07, 6.45) is 3.55. The lowest BCUT2D eigenvalue weighted by Crippen LogP contribution is -2.45. The van der Waals surface area contributed by atoms with Crippen LogP contribution in [0.2, 0.25) is 0 Å². The van der Waals surface area contributed by atoms with Crippen LogP contribution in [0.25, 0.3) is 0 Å². The first-order valence-electron chi connectivity index (χ1n) is 9.40. The van der Waals surface area contributed by atoms with Gasteiger partial charge in [-0.25, -0.2) is 23.3 Å². The van der Waals surface area contributed by atoms with Crippen molar-refractivity contribution in [3.63, 3.8) is 0 Å². The Bertz CT molecular complexity index is 785. The minimum atomic E-state index is -3.75. The minimum absolute atomic E-state index is 0.0460. The van der Waals surface area contributed by atoms with Gasteiger partial charge in [0.05, 0.1) is 12.8 Å². The molecule has 158 valence electrons. The molecular formula is C19H31N3O5S. The van der Waals surface area contributed by atoms with Crippen molar-refractivity contribution >= 4 is 16.1 Å². The number of aromatic nitrogens is 1. The van der Waals surface area contributed by atoms with Gasteiger partial charge >= 0.3 is 6.09 Å². The summed E-state index contributed by atoms with van der Waals surface area (Å²) in [7, 11) is -3.75. The molecule has 1 fully saturated rings. The Kier molecular flexibility index (Phi) is 6.60. The van der Waals surface area contributed by atoms with Gasteiger partial charge < -0.3 is 14.4 Å². The summed E-state index contributed by atoms with van der Waals surface area (Å²) in [5, 5.41) is 5.04. The number of primary sulfonamides is 1. The number of hydrogen-bond acceptors (Lipinski definition) is 6. The molecule has 1 unspecified atom stereocenters. The summed E-state index contributed by atoms with van der Waals surface area (Å²) < 4.78 is 33.5. The molecule has 28 heavy (non-hydrogen) atoms. The number of hydrogen-bond donors (Lipinski definition) is 1. The van der Waals surface area contributed by atoms with Crippen molar-refractivity contribution in [2.45, 2.75) is 69.9 Å². The van der Waals surface area contributed by atoms with Gasteiger partial charge in [0, 0.05) is 18.2 Å². The average molecular weight is 414 g/mol. The van der Waals surface area contributed by atoms with Crippen molar-refractivity contribution in [3.05, 3.63) is 18.3 Å². The van der Waals surface area contributed by atoms with E-state index in [-0.39, 0.29) is 16.5 Å². The van der Waals surface area contributed by atoms with E-state index in [0.717, 1.165) is 19.3 Å². The molecule has 2 N–H and O–H groups in total. The molecule has 2 heterocycles. The summed E-state index contributed by atoms with van der Waals surface area (Å²) in [6.45, 7) is 10.9. The predicted molar refractivity (Wildman–Crippen MR) is 105 cm³/mol. The molecule has 1 atom stereocenters. The van der Waals surface area contributed by atoms with Gasteiger partial charge in [0.2, 0.25) is 15.9 Å². The lowest BCUT2D eigenvalue weighted by atomic mass is 9.93. The lowest BCUT2D eigenvalue weighted by Gasteiger charge is -2.33. The van der Waals surface area contributed by atoms with Crippen molar-refractivity contribution in [2.24, 2.45) is 11.1 Å². The number of carbonyl (C=O) groups is 1. The van der Waals surface area contributed by atoms with Crippen LogP contribution >= 0.6 is 0 Å². The second-order valence-electron chi connectivity index (χ2n) is 8.84. The van der Waals surface area contributed by atoms with E-state index in [1.165, 1.54) is 18.3 Å². The molecule has 0 radical (unpaired) electrons. The van der Waals surface area contributed by atoms with Crippen LogP contribution in [0.4, 0.5) is 4.79 Å². The van der Waals surface area contributed by atoms with Crippen LogP contribution in [0.5, 0.6) is 5.88 Å². The zero-order chi connectivity index (χ0) is 21.2. The Hall–Kier alpha value is -1.87. The second kappa shape index (κ2) is 8.24. The summed E-state index contributed by atoms with van der Waals surface area (Å²) >= 11 is 0. The third-order valence-corrected chi connectivity index (χ3v) is 5.52. The van der Waals surface area contributed by atoms with Gasteiger partial charge in [-0.15, -0.1) is 0 Å². The Labute approximate surface area is 167 Å². The van der Waals surface area contributed by atoms with Crippen molar-refractivity contribution in [3.8, 4) is 5.88 Å². The van der Waals surface area contributed by atoms with Crippen LogP contribution in [0.15, 0.2) is 23.2 Å². The maximum Gasteiger partial charge on any atom is 0.410 e. The van der Waals surface area contributed by atoms with E-state index >= 15 is 0 Å². The Balaban J connectivity index is 1.80. The van der Waals surface area contributed by atoms with Crippen molar-refractivity contribution in [1.82, 2.24) is 9.88 Å². The third kappa shape index (κ3) is 6.34. The highest BCUT2D eigenvalue weighted by molar-refractivity contribution is 7.89. The topological polar surface area (TPSA) is 112 Å². The zero-order valence-corrected chi connectivity index (χ0v) is 18.1. The molecular weight excluding hydrogens is 382 g/mol. The quantitative estimate of drug-likeness (QED) is 0.718. The van der Waals surface area contributed by atoms with Crippen LogP contribution in [-0.4, -0.2) is 48.7 Å². The highest BCUT2D eigenvalue weighted by atomic mass is 32.2. The molecule has 1 aliphatic rings. The van der Waals surface area contributed by atoms with Gasteiger partial charge in [0.15, 0.2) is 0 Å². The fourth-order valence-corrected chi connectivity index (χ4v) is 3.85. The van der Waals surface area contributed by atoms with Crippen molar-refractivity contribution < 1.29 is 22.7 Å². The number of nitrogens with two attached hydrogens (primary N) is 1. The lowest BCUT2D eigenvalue weighted by molar-refractivity contribution is 0.0131. The van der Waals surface area contributed by atoms with Gasteiger partial charge in [0.25, 0.3) is 0 Å². The van der Waals surface area contributed by atoms with Crippen LogP contribution in [0.1, 0.15) is 53.9 Å². The molecule has 2 rings (SSSR count). The molecule has 0 aliphatic carbocycles. The summed E-state index contributed by atoms with van der Waals surface area (Å²) in [5.41, 5.74) is -0.746. The maximum absolute atomic E-state index is 12.5. The molecule has 0 bridgehead atoms. The van der Waals surface area contributed by atoms with E-state index in [1.54, 1.807) is 0 Å². The SMILES string of the molecule is CC(C)(C)OC(=O)N1CC(CCCOc2ccc(S(N)(=O)=O)cn2)CC1(C)C. The van der Waals surface area contributed by atoms with Crippen LogP contribution in [-0.2, 0) is 14.8 Å². The summed E-state index contributed by atoms with van der Waals surface area (Å²) in [4.78, 5) is 18.2. The fourth-order valence-electron chi connectivity index (χ4n) is 3.39. The number of nitrogens with zero attached hydrogens (tertiary/aromatic N) is 2. The smallest absolute Gasteiger partial charge is 0.410 e. The number of amides is 1. The first-order chi connectivity index (χ1) is 12.8. The number of rotatable bonds is 6. The molecule has 0 saturated carbocycles. The second-order valence-corrected chi connectivity index (χ2v) is 10.4. The zero-order valence-electron chi connectivity index (χ0n) is 17.3. The van der Waals surface area contributed by atoms with Gasteiger partial charge in [-0.05, 0) is 65.9 Å². The normalized spacial score (nSPS) is 19.5. The molecule has 1 aliphatic heterocycles. The van der Waals surface area contributed by atoms with E-state index in [9.17, 15) is 13.2 Å². The number of likely N-dealkylation sites (tertiary alicyclic amines) is 1. The third-order valence-electron chi connectivity index (χ3n) is 4.62. The molecule has 0 spiro atoms. The largest absolute Gasteiger partial charge is 0.478 e. The van der Waals surface area contributed by atoms with Gasteiger partial charge in [0.1, 0.15) is 10.5 Å². The Morgan fingerprint density at radius 1 is 1.36 bits per heavy atom. The number of sulfonamides is 1. The first-order valence-corrected chi connectivity index (χ1v) is 10.9. The highest BCUT2D eigenvalue weighted by Crippen LogP contribution is 2.36. The van der Waals surface area contributed by atoms with E-state index in [1.807, 2.05) is 25.7 Å². The standard InChI is InChI=1S/C19H31N3O5S/c1-18(2,3)27-17(23)22-13-14(11-19(22,4)5)7-6-10-26-16-9-8-15(12-21-16)28(20,24)25/h8-9,12,14H,6-7,10-11,13H2,1-5H3,(H2,20,24,25). The maximum atomic E-state index is 12.5. The molecule has 1 saturated heterocycles. The number of ether oxygens (including phenoxy) is 2. The van der Waals surface area contributed by atoms with Crippen LogP contribution < -0.4 is 9.88 Å². The highest BCUT2D eigenvalue weighted by Gasteiger charge is 2.42. The van der Waals surface area contributed by atoms with E-state index in [0.29, 0.717) is 24.9 Å². The predicted octanol–water partition coefficient (Wildman–Crippen LogP) is 2.92. The Morgan fingerprint density at radius 3 is 2.57 bits per heavy atom. The van der Waals surface area contributed by atoms with Crippen LogP contribution in [0, 0.1) is 5.92 Å². The molecule has 8 nitrogen and oxygen atoms in total. The van der Waals surface area contributed by atoms with Gasteiger partial charge in [-0.3, -0.25) is 0 Å². The van der Waals surface area contributed by atoms with Gasteiger partial charge in [-0.1, -0.05) is 0 Å². The Morgan fingerprint density at radius 2 is 2.04 bits per heavy atom. The molecule has 0 aromatic carbocycles. The van der Waals surface area contributed by atoms with E-state index in [4.69, 9.17) is 14.6 Å². The van der Waals surface area contributed by atoms with Crippen molar-refractivity contribution in [2.75, 3.05) is 13.2 Å². The van der Waals surface area contributed by atoms with E-state index in [2.05, 4.69) is 18.8 Å². The van der Waals surface area contributed by atoms with Crippen molar-refractivity contribution in [1.29, 1.82) is 0 Å².